The standard InChI is InChI=1S/C12H13F6NO2/c13-10(11(14,15)16)12(17,18)21-9-3-1-7(2-4-9)5-8(19)6-20/h1-4,8,10,20H,5-6,19H2. The number of benzene rings is 1. The van der Waals surface area contributed by atoms with Crippen LogP contribution < -0.4 is 10.5 Å². The summed E-state index contributed by atoms with van der Waals surface area (Å²) >= 11 is 0. The Morgan fingerprint density at radius 2 is 1.62 bits per heavy atom. The first kappa shape index (κ1) is 17.6. The van der Waals surface area contributed by atoms with Crippen LogP contribution in [0.3, 0.4) is 0 Å². The lowest BCUT2D eigenvalue weighted by Crippen LogP contribution is -2.45. The van der Waals surface area contributed by atoms with E-state index >= 15 is 0 Å². The average molecular weight is 317 g/mol. The van der Waals surface area contributed by atoms with Crippen LogP contribution in [-0.4, -0.2) is 36.2 Å². The van der Waals surface area contributed by atoms with E-state index in [0.717, 1.165) is 12.1 Å². The second-order valence-corrected chi connectivity index (χ2v) is 4.36. The van der Waals surface area contributed by atoms with Crippen molar-refractivity contribution in [2.45, 2.75) is 30.9 Å². The van der Waals surface area contributed by atoms with Gasteiger partial charge in [-0.2, -0.15) is 22.0 Å². The van der Waals surface area contributed by atoms with E-state index in [4.69, 9.17) is 10.8 Å². The van der Waals surface area contributed by atoms with Gasteiger partial charge in [0.2, 0.25) is 0 Å². The van der Waals surface area contributed by atoms with Gasteiger partial charge in [0.05, 0.1) is 6.61 Å². The maximum absolute atomic E-state index is 13.0. The zero-order chi connectivity index (χ0) is 16.3. The van der Waals surface area contributed by atoms with Gasteiger partial charge in [0.1, 0.15) is 5.75 Å². The van der Waals surface area contributed by atoms with Crippen molar-refractivity contribution in [3.63, 3.8) is 0 Å². The first-order chi connectivity index (χ1) is 9.56. The lowest BCUT2D eigenvalue weighted by molar-refractivity contribution is -0.304. The number of nitrogens with two attached hydrogens (primary N) is 1. The highest BCUT2D eigenvalue weighted by molar-refractivity contribution is 5.28. The molecule has 9 heteroatoms. The molecule has 2 atom stereocenters. The maximum Gasteiger partial charge on any atom is 0.439 e. The Hall–Kier alpha value is -1.48. The fraction of sp³-hybridized carbons (Fsp3) is 0.500. The van der Waals surface area contributed by atoms with Gasteiger partial charge in [-0.3, -0.25) is 0 Å². The van der Waals surface area contributed by atoms with Crippen LogP contribution in [0.1, 0.15) is 5.56 Å². The van der Waals surface area contributed by atoms with E-state index in [-0.39, 0.29) is 13.0 Å². The van der Waals surface area contributed by atoms with Crippen molar-refractivity contribution in [3.05, 3.63) is 29.8 Å². The summed E-state index contributed by atoms with van der Waals surface area (Å²) in [5.41, 5.74) is 6.01. The smallest absolute Gasteiger partial charge is 0.430 e. The molecule has 0 saturated heterocycles. The van der Waals surface area contributed by atoms with E-state index in [2.05, 4.69) is 4.74 Å². The van der Waals surface area contributed by atoms with Gasteiger partial charge in [-0.25, -0.2) is 4.39 Å². The number of aliphatic hydroxyl groups excluding tert-OH is 1. The lowest BCUT2D eigenvalue weighted by Gasteiger charge is -2.23. The Bertz CT molecular complexity index is 448. The van der Waals surface area contributed by atoms with Crippen molar-refractivity contribution < 1.29 is 36.2 Å². The van der Waals surface area contributed by atoms with Crippen LogP contribution in [-0.2, 0) is 6.42 Å². The van der Waals surface area contributed by atoms with Crippen molar-refractivity contribution in [1.82, 2.24) is 0 Å². The molecule has 2 unspecified atom stereocenters. The molecule has 120 valence electrons. The first-order valence-corrected chi connectivity index (χ1v) is 5.79. The van der Waals surface area contributed by atoms with Crippen molar-refractivity contribution in [1.29, 1.82) is 0 Å². The third-order valence-corrected chi connectivity index (χ3v) is 2.49. The summed E-state index contributed by atoms with van der Waals surface area (Å²) in [6, 6.07) is 3.94. The molecule has 1 aromatic carbocycles. The highest BCUT2D eigenvalue weighted by Crippen LogP contribution is 2.36. The fourth-order valence-corrected chi connectivity index (χ4v) is 1.46. The normalized spacial score (nSPS) is 15.6. The summed E-state index contributed by atoms with van der Waals surface area (Å²) in [7, 11) is 0. The van der Waals surface area contributed by atoms with Crippen LogP contribution in [0.4, 0.5) is 26.3 Å². The molecule has 1 aromatic rings. The molecule has 3 nitrogen and oxygen atoms in total. The molecule has 1 rings (SSSR count). The first-order valence-electron chi connectivity index (χ1n) is 5.79. The Balaban J connectivity index is 2.75. The van der Waals surface area contributed by atoms with E-state index in [1.165, 1.54) is 12.1 Å². The van der Waals surface area contributed by atoms with Crippen molar-refractivity contribution in [3.8, 4) is 5.75 Å². The summed E-state index contributed by atoms with van der Waals surface area (Å²) in [5.74, 6) is -0.617. The summed E-state index contributed by atoms with van der Waals surface area (Å²) in [4.78, 5) is 0. The summed E-state index contributed by atoms with van der Waals surface area (Å²) < 4.78 is 78.1. The molecule has 0 aliphatic carbocycles. The van der Waals surface area contributed by atoms with E-state index in [9.17, 15) is 26.3 Å². The Kier molecular flexibility index (Phi) is 5.46. The highest BCUT2D eigenvalue weighted by Gasteiger charge is 2.59. The molecule has 0 aliphatic rings. The molecule has 0 spiro atoms. The zero-order valence-electron chi connectivity index (χ0n) is 10.6. The molecule has 3 N–H and O–H groups in total. The number of hydrogen-bond donors (Lipinski definition) is 2. The third kappa shape index (κ3) is 5.09. The Labute approximate surface area is 116 Å². The molecule has 0 fully saturated rings. The van der Waals surface area contributed by atoms with Crippen LogP contribution >= 0.6 is 0 Å². The van der Waals surface area contributed by atoms with Crippen LogP contribution in [0.2, 0.25) is 0 Å². The molecule has 21 heavy (non-hydrogen) atoms. The molecule has 0 aromatic heterocycles. The van der Waals surface area contributed by atoms with Crippen molar-refractivity contribution in [2.24, 2.45) is 5.73 Å². The number of halogens is 6. The van der Waals surface area contributed by atoms with E-state index in [0.29, 0.717) is 5.56 Å². The summed E-state index contributed by atoms with van der Waals surface area (Å²) in [5, 5.41) is 8.74. The van der Waals surface area contributed by atoms with Crippen LogP contribution in [0.15, 0.2) is 24.3 Å². The van der Waals surface area contributed by atoms with E-state index in [1.807, 2.05) is 0 Å². The predicted molar refractivity (Wildman–Crippen MR) is 61.7 cm³/mol. The number of ether oxygens (including phenoxy) is 1. The molecule has 0 bridgehead atoms. The second kappa shape index (κ2) is 6.52. The van der Waals surface area contributed by atoms with Gasteiger partial charge in [0.25, 0.3) is 6.17 Å². The highest BCUT2D eigenvalue weighted by atomic mass is 19.4. The molecular formula is C12H13F6NO2. The van der Waals surface area contributed by atoms with Gasteiger partial charge in [-0.1, -0.05) is 12.1 Å². The molecular weight excluding hydrogens is 304 g/mol. The minimum Gasteiger partial charge on any atom is -0.430 e. The molecule has 0 saturated carbocycles. The SMILES string of the molecule is NC(CO)Cc1ccc(OC(F)(F)C(F)C(F)(F)F)cc1. The Morgan fingerprint density at radius 3 is 2.05 bits per heavy atom. The maximum atomic E-state index is 13.0. The molecule has 0 heterocycles. The van der Waals surface area contributed by atoms with Gasteiger partial charge in [-0.15, -0.1) is 0 Å². The number of hydrogen-bond acceptors (Lipinski definition) is 3. The summed E-state index contributed by atoms with van der Waals surface area (Å²) in [6.45, 7) is -0.286. The van der Waals surface area contributed by atoms with Gasteiger partial charge >= 0.3 is 12.3 Å². The number of aliphatic hydroxyl groups is 1. The van der Waals surface area contributed by atoms with Crippen molar-refractivity contribution >= 4 is 0 Å². The zero-order valence-corrected chi connectivity index (χ0v) is 10.6. The number of rotatable bonds is 6. The van der Waals surface area contributed by atoms with Crippen molar-refractivity contribution in [2.75, 3.05) is 6.61 Å². The van der Waals surface area contributed by atoms with Gasteiger partial charge in [-0.05, 0) is 24.1 Å². The van der Waals surface area contributed by atoms with E-state index in [1.54, 1.807) is 0 Å². The van der Waals surface area contributed by atoms with Gasteiger partial charge < -0.3 is 15.6 Å². The minimum absolute atomic E-state index is 0.238. The predicted octanol–water partition coefficient (Wildman–Crippen LogP) is 2.42. The van der Waals surface area contributed by atoms with Crippen LogP contribution in [0.25, 0.3) is 0 Å². The molecule has 0 aliphatic heterocycles. The van der Waals surface area contributed by atoms with Gasteiger partial charge in [0.15, 0.2) is 0 Å². The summed E-state index contributed by atoms with van der Waals surface area (Å²) in [6.07, 6.45) is -14.9. The van der Waals surface area contributed by atoms with Crippen LogP contribution in [0.5, 0.6) is 5.75 Å². The number of alkyl halides is 6. The minimum atomic E-state index is -5.72. The average Bonchev–Trinajstić information content (AvgIpc) is 2.38. The second-order valence-electron chi connectivity index (χ2n) is 4.36. The monoisotopic (exact) mass is 317 g/mol. The molecule has 0 amide bonds. The molecule has 0 radical (unpaired) electrons. The quantitative estimate of drug-likeness (QED) is 0.792. The van der Waals surface area contributed by atoms with E-state index < -0.39 is 30.2 Å². The van der Waals surface area contributed by atoms with Crippen LogP contribution in [0, 0.1) is 0 Å². The third-order valence-electron chi connectivity index (χ3n) is 2.49. The topological polar surface area (TPSA) is 55.5 Å². The lowest BCUT2D eigenvalue weighted by atomic mass is 10.1. The fourth-order valence-electron chi connectivity index (χ4n) is 1.46. The van der Waals surface area contributed by atoms with Gasteiger partial charge in [0, 0.05) is 6.04 Å². The largest absolute Gasteiger partial charge is 0.439 e. The Morgan fingerprint density at radius 1 is 1.10 bits per heavy atom.